The van der Waals surface area contributed by atoms with Gasteiger partial charge in [-0.1, -0.05) is 91.9 Å². The summed E-state index contributed by atoms with van der Waals surface area (Å²) in [7, 11) is 0. The van der Waals surface area contributed by atoms with Crippen molar-refractivity contribution < 1.29 is 4.74 Å². The van der Waals surface area contributed by atoms with E-state index in [-0.39, 0.29) is 6.10 Å². The highest BCUT2D eigenvalue weighted by Crippen LogP contribution is 2.35. The van der Waals surface area contributed by atoms with E-state index < -0.39 is 6.10 Å². The van der Waals surface area contributed by atoms with Gasteiger partial charge in [0.25, 0.3) is 0 Å². The fourth-order valence-electron chi connectivity index (χ4n) is 2.95. The highest BCUT2D eigenvalue weighted by atomic mass is 16.5. The van der Waals surface area contributed by atoms with E-state index in [1.165, 1.54) is 0 Å². The van der Waals surface area contributed by atoms with Gasteiger partial charge in [-0.3, -0.25) is 0 Å². The Labute approximate surface area is 149 Å². The van der Waals surface area contributed by atoms with Crippen LogP contribution in [-0.4, -0.2) is 6.10 Å². The summed E-state index contributed by atoms with van der Waals surface area (Å²) < 4.78 is 6.22. The summed E-state index contributed by atoms with van der Waals surface area (Å²) in [6.07, 6.45) is -0.0518. The van der Waals surface area contributed by atoms with Gasteiger partial charge in [0.05, 0.1) is 6.07 Å². The van der Waals surface area contributed by atoms with Crippen molar-refractivity contribution in [3.05, 3.63) is 96.1 Å². The molecule has 0 bridgehead atoms. The Morgan fingerprint density at radius 3 is 2.08 bits per heavy atom. The molecule has 0 spiro atoms. The molecule has 2 heteroatoms. The average molecular weight is 327 g/mol. The first-order valence-corrected chi connectivity index (χ1v) is 8.58. The van der Waals surface area contributed by atoms with Crippen LogP contribution < -0.4 is 0 Å². The maximum Gasteiger partial charge on any atom is 0.145 e. The second kappa shape index (κ2) is 8.28. The van der Waals surface area contributed by atoms with E-state index >= 15 is 0 Å². The predicted octanol–water partition coefficient (Wildman–Crippen LogP) is 5.76. The van der Waals surface area contributed by atoms with Crippen molar-refractivity contribution in [3.8, 4) is 17.2 Å². The Bertz CT molecular complexity index is 837. The van der Waals surface area contributed by atoms with Gasteiger partial charge in [-0.05, 0) is 28.7 Å². The summed E-state index contributed by atoms with van der Waals surface area (Å²) >= 11 is 0. The van der Waals surface area contributed by atoms with Crippen molar-refractivity contribution in [2.75, 3.05) is 0 Å². The average Bonchev–Trinajstić information content (AvgIpc) is 2.70. The smallest absolute Gasteiger partial charge is 0.145 e. The number of nitrogens with zero attached hydrogens (tertiary/aromatic N) is 1. The van der Waals surface area contributed by atoms with Crippen molar-refractivity contribution in [1.82, 2.24) is 0 Å². The number of benzene rings is 3. The standard InChI is InChI=1S/C23H21NO/c1-2-20(17-24)25-23(19-13-7-4-8-14-19)22-16-10-9-15-21(22)18-11-5-3-6-12-18/h3-16,20,23H,2H2,1H3. The molecule has 0 amide bonds. The van der Waals surface area contributed by atoms with Gasteiger partial charge in [0.2, 0.25) is 0 Å². The minimum atomic E-state index is -0.436. The second-order valence-electron chi connectivity index (χ2n) is 5.91. The van der Waals surface area contributed by atoms with E-state index in [1.54, 1.807) is 0 Å². The lowest BCUT2D eigenvalue weighted by Gasteiger charge is -2.24. The summed E-state index contributed by atoms with van der Waals surface area (Å²) in [5.41, 5.74) is 4.41. The molecule has 0 radical (unpaired) electrons. The van der Waals surface area contributed by atoms with Crippen LogP contribution in [0, 0.1) is 11.3 Å². The second-order valence-corrected chi connectivity index (χ2v) is 5.91. The highest BCUT2D eigenvalue weighted by molar-refractivity contribution is 5.68. The van der Waals surface area contributed by atoms with Gasteiger partial charge in [-0.15, -0.1) is 0 Å². The molecule has 0 saturated heterocycles. The molecule has 0 fully saturated rings. The van der Waals surface area contributed by atoms with Gasteiger partial charge in [0.1, 0.15) is 12.2 Å². The van der Waals surface area contributed by atoms with Gasteiger partial charge >= 0.3 is 0 Å². The van der Waals surface area contributed by atoms with E-state index in [4.69, 9.17) is 4.74 Å². The largest absolute Gasteiger partial charge is 0.351 e. The van der Waals surface area contributed by atoms with Gasteiger partial charge in [0, 0.05) is 0 Å². The topological polar surface area (TPSA) is 33.0 Å². The van der Waals surface area contributed by atoms with Gasteiger partial charge in [-0.2, -0.15) is 5.26 Å². The summed E-state index contributed by atoms with van der Waals surface area (Å²) in [4.78, 5) is 0. The molecular weight excluding hydrogens is 306 g/mol. The summed E-state index contributed by atoms with van der Waals surface area (Å²) in [6.45, 7) is 1.97. The molecule has 2 unspecified atom stereocenters. The first kappa shape index (κ1) is 17.0. The molecule has 0 heterocycles. The predicted molar refractivity (Wildman–Crippen MR) is 101 cm³/mol. The summed E-state index contributed by atoms with van der Waals surface area (Å²) in [5, 5.41) is 9.38. The van der Waals surface area contributed by atoms with E-state index in [2.05, 4.69) is 42.5 Å². The molecule has 3 rings (SSSR count). The van der Waals surface area contributed by atoms with Crippen LogP contribution in [0.5, 0.6) is 0 Å². The number of ether oxygens (including phenoxy) is 1. The molecule has 25 heavy (non-hydrogen) atoms. The fraction of sp³-hybridized carbons (Fsp3) is 0.174. The molecule has 0 aliphatic heterocycles. The zero-order valence-electron chi connectivity index (χ0n) is 14.3. The third-order valence-corrected chi connectivity index (χ3v) is 4.25. The highest BCUT2D eigenvalue weighted by Gasteiger charge is 2.22. The Balaban J connectivity index is 2.10. The molecule has 0 N–H and O–H groups in total. The number of hydrogen-bond donors (Lipinski definition) is 0. The van der Waals surface area contributed by atoms with Crippen LogP contribution in [-0.2, 0) is 4.74 Å². The first-order valence-electron chi connectivity index (χ1n) is 8.58. The summed E-state index contributed by atoms with van der Waals surface area (Å²) in [5.74, 6) is 0. The first-order chi connectivity index (χ1) is 12.3. The Morgan fingerprint density at radius 2 is 1.44 bits per heavy atom. The molecule has 2 atom stereocenters. The molecule has 0 saturated carbocycles. The van der Waals surface area contributed by atoms with Crippen LogP contribution in [0.2, 0.25) is 0 Å². The van der Waals surface area contributed by atoms with E-state index in [0.29, 0.717) is 6.42 Å². The zero-order valence-corrected chi connectivity index (χ0v) is 14.3. The normalized spacial score (nSPS) is 13.0. The Morgan fingerprint density at radius 1 is 0.840 bits per heavy atom. The minimum absolute atomic E-state index is 0.276. The molecule has 124 valence electrons. The van der Waals surface area contributed by atoms with Crippen LogP contribution in [0.3, 0.4) is 0 Å². The summed E-state index contributed by atoms with van der Waals surface area (Å²) in [6, 6.07) is 30.9. The third-order valence-electron chi connectivity index (χ3n) is 4.25. The molecule has 3 aromatic rings. The lowest BCUT2D eigenvalue weighted by molar-refractivity contribution is 0.0389. The van der Waals surface area contributed by atoms with E-state index in [1.807, 2.05) is 55.5 Å². The number of rotatable bonds is 6. The molecule has 0 aromatic heterocycles. The number of nitriles is 1. The van der Waals surface area contributed by atoms with Gasteiger partial charge in [-0.25, -0.2) is 0 Å². The fourth-order valence-corrected chi connectivity index (χ4v) is 2.95. The minimum Gasteiger partial charge on any atom is -0.351 e. The van der Waals surface area contributed by atoms with E-state index in [0.717, 1.165) is 22.3 Å². The van der Waals surface area contributed by atoms with Crippen molar-refractivity contribution in [3.63, 3.8) is 0 Å². The van der Waals surface area contributed by atoms with Crippen LogP contribution in [0.15, 0.2) is 84.9 Å². The van der Waals surface area contributed by atoms with Gasteiger partial charge < -0.3 is 4.74 Å². The Hall–Kier alpha value is -2.89. The molecule has 3 aromatic carbocycles. The van der Waals surface area contributed by atoms with Crippen LogP contribution in [0.4, 0.5) is 0 Å². The van der Waals surface area contributed by atoms with Crippen molar-refractivity contribution in [1.29, 1.82) is 5.26 Å². The quantitative estimate of drug-likeness (QED) is 0.576. The maximum atomic E-state index is 9.38. The third kappa shape index (κ3) is 3.96. The monoisotopic (exact) mass is 327 g/mol. The SMILES string of the molecule is CCC(C#N)OC(c1ccccc1)c1ccccc1-c1ccccc1. The van der Waals surface area contributed by atoms with E-state index in [9.17, 15) is 5.26 Å². The molecular formula is C23H21NO. The van der Waals surface area contributed by atoms with Crippen LogP contribution >= 0.6 is 0 Å². The van der Waals surface area contributed by atoms with Crippen molar-refractivity contribution >= 4 is 0 Å². The van der Waals surface area contributed by atoms with Crippen LogP contribution in [0.25, 0.3) is 11.1 Å². The zero-order chi connectivity index (χ0) is 17.5. The van der Waals surface area contributed by atoms with Crippen LogP contribution in [0.1, 0.15) is 30.6 Å². The molecule has 2 nitrogen and oxygen atoms in total. The lowest BCUT2D eigenvalue weighted by atomic mass is 9.92. The Kier molecular flexibility index (Phi) is 5.61. The van der Waals surface area contributed by atoms with Crippen molar-refractivity contribution in [2.24, 2.45) is 0 Å². The molecule has 0 aliphatic carbocycles. The lowest BCUT2D eigenvalue weighted by Crippen LogP contribution is -2.16. The molecule has 0 aliphatic rings. The van der Waals surface area contributed by atoms with Crippen molar-refractivity contribution in [2.45, 2.75) is 25.6 Å². The number of hydrogen-bond acceptors (Lipinski definition) is 2. The van der Waals surface area contributed by atoms with Gasteiger partial charge in [0.15, 0.2) is 0 Å². The maximum absolute atomic E-state index is 9.38.